The Morgan fingerprint density at radius 2 is 1.85 bits per heavy atom. The highest BCUT2D eigenvalue weighted by molar-refractivity contribution is 8.03. The molecular weight excluding hydrogens is 272 g/mol. The third-order valence-electron chi connectivity index (χ3n) is 2.91. The Balaban J connectivity index is 1.88. The number of methoxy groups -OCH3 is 1. The number of rotatable bonds is 2. The summed E-state index contributed by atoms with van der Waals surface area (Å²) in [5.41, 5.74) is 1.57. The molecule has 0 saturated heterocycles. The van der Waals surface area contributed by atoms with Crippen LogP contribution in [-0.4, -0.2) is 13.1 Å². The molecule has 20 heavy (non-hydrogen) atoms. The molecule has 0 radical (unpaired) electrons. The summed E-state index contributed by atoms with van der Waals surface area (Å²) in [6.07, 6.45) is 1.85. The van der Waals surface area contributed by atoms with Crippen LogP contribution in [0.3, 0.4) is 0 Å². The highest BCUT2D eigenvalue weighted by Crippen LogP contribution is 2.37. The Bertz CT molecular complexity index is 674. The van der Waals surface area contributed by atoms with Crippen LogP contribution in [0.1, 0.15) is 15.9 Å². The number of thioether (sulfide) groups is 1. The second kappa shape index (κ2) is 5.43. The highest BCUT2D eigenvalue weighted by atomic mass is 32.2. The van der Waals surface area contributed by atoms with E-state index in [9.17, 15) is 4.79 Å². The third-order valence-corrected chi connectivity index (χ3v) is 3.89. The minimum atomic E-state index is -0.306. The Morgan fingerprint density at radius 3 is 2.60 bits per heavy atom. The molecular formula is C16H12O3S. The van der Waals surface area contributed by atoms with Crippen LogP contribution in [0.4, 0.5) is 0 Å². The van der Waals surface area contributed by atoms with E-state index in [-0.39, 0.29) is 5.97 Å². The number of esters is 1. The summed E-state index contributed by atoms with van der Waals surface area (Å²) in [6, 6.07) is 15.0. The van der Waals surface area contributed by atoms with Gasteiger partial charge < -0.3 is 9.47 Å². The van der Waals surface area contributed by atoms with Gasteiger partial charge >= 0.3 is 5.97 Å². The van der Waals surface area contributed by atoms with E-state index in [0.29, 0.717) is 10.7 Å². The van der Waals surface area contributed by atoms with Gasteiger partial charge in [-0.3, -0.25) is 0 Å². The van der Waals surface area contributed by atoms with Crippen LogP contribution in [-0.2, 0) is 4.74 Å². The fourth-order valence-corrected chi connectivity index (χ4v) is 2.83. The number of hydrogen-bond acceptors (Lipinski definition) is 4. The van der Waals surface area contributed by atoms with E-state index in [1.165, 1.54) is 11.8 Å². The second-order valence-corrected chi connectivity index (χ2v) is 5.27. The molecule has 0 bridgehead atoms. The molecule has 0 aliphatic carbocycles. The standard InChI is InChI=1S/C16H12O3S/c1-18-12-8-6-11(7-9-12)10-15-19-16(17)13-4-2-3-5-14(13)20-15/h2-10H,1H3/b15-10-. The topological polar surface area (TPSA) is 35.5 Å². The van der Waals surface area contributed by atoms with Gasteiger partial charge in [0.1, 0.15) is 5.75 Å². The number of fused-ring (bicyclic) bond motifs is 1. The van der Waals surface area contributed by atoms with Gasteiger partial charge in [-0.2, -0.15) is 0 Å². The monoisotopic (exact) mass is 284 g/mol. The fraction of sp³-hybridized carbons (Fsp3) is 0.0625. The maximum Gasteiger partial charge on any atom is 0.345 e. The lowest BCUT2D eigenvalue weighted by Crippen LogP contribution is -2.09. The predicted molar refractivity (Wildman–Crippen MR) is 78.7 cm³/mol. The second-order valence-electron chi connectivity index (χ2n) is 4.22. The molecule has 1 aliphatic rings. The van der Waals surface area contributed by atoms with Crippen molar-refractivity contribution in [2.45, 2.75) is 4.90 Å². The first kappa shape index (κ1) is 12.8. The van der Waals surface area contributed by atoms with Crippen molar-refractivity contribution in [2.24, 2.45) is 0 Å². The van der Waals surface area contributed by atoms with E-state index in [1.54, 1.807) is 13.2 Å². The largest absolute Gasteiger partial charge is 0.497 e. The number of carbonyl (C=O) groups excluding carboxylic acids is 1. The van der Waals surface area contributed by atoms with Gasteiger partial charge in [-0.15, -0.1) is 0 Å². The summed E-state index contributed by atoms with van der Waals surface area (Å²) < 4.78 is 10.4. The van der Waals surface area contributed by atoms with Crippen LogP contribution in [0.2, 0.25) is 0 Å². The Kier molecular flexibility index (Phi) is 3.48. The summed E-state index contributed by atoms with van der Waals surface area (Å²) in [4.78, 5) is 12.8. The van der Waals surface area contributed by atoms with Crippen molar-refractivity contribution < 1.29 is 14.3 Å². The molecule has 2 aromatic carbocycles. The number of hydrogen-bond donors (Lipinski definition) is 0. The summed E-state index contributed by atoms with van der Waals surface area (Å²) >= 11 is 1.45. The number of cyclic esters (lactones) is 1. The number of ether oxygens (including phenoxy) is 2. The first-order valence-electron chi connectivity index (χ1n) is 6.11. The van der Waals surface area contributed by atoms with Crippen molar-refractivity contribution in [1.29, 1.82) is 0 Å². The Labute approximate surface area is 121 Å². The Morgan fingerprint density at radius 1 is 1.10 bits per heavy atom. The van der Waals surface area contributed by atoms with Gasteiger partial charge in [-0.25, -0.2) is 4.79 Å². The van der Waals surface area contributed by atoms with Gasteiger partial charge in [0.2, 0.25) is 0 Å². The first-order chi connectivity index (χ1) is 9.76. The Hall–Kier alpha value is -2.20. The first-order valence-corrected chi connectivity index (χ1v) is 6.93. The lowest BCUT2D eigenvalue weighted by atomic mass is 10.2. The van der Waals surface area contributed by atoms with E-state index < -0.39 is 0 Å². The summed E-state index contributed by atoms with van der Waals surface area (Å²) in [5.74, 6) is 0.491. The summed E-state index contributed by atoms with van der Waals surface area (Å²) in [5, 5.41) is 0.582. The molecule has 0 amide bonds. The average molecular weight is 284 g/mol. The molecule has 0 unspecified atom stereocenters. The zero-order valence-electron chi connectivity index (χ0n) is 10.8. The smallest absolute Gasteiger partial charge is 0.345 e. The molecule has 1 aliphatic heterocycles. The normalized spacial score (nSPS) is 15.7. The van der Waals surface area contributed by atoms with Gasteiger partial charge in [-0.1, -0.05) is 36.0 Å². The SMILES string of the molecule is COc1ccc(/C=C2/OC(=O)c3ccccc3S2)cc1. The van der Waals surface area contributed by atoms with E-state index in [4.69, 9.17) is 9.47 Å². The maximum absolute atomic E-state index is 11.9. The average Bonchev–Trinajstić information content (AvgIpc) is 2.48. The van der Waals surface area contributed by atoms with Crippen LogP contribution in [0.5, 0.6) is 5.75 Å². The van der Waals surface area contributed by atoms with E-state index in [0.717, 1.165) is 16.2 Å². The zero-order valence-corrected chi connectivity index (χ0v) is 11.6. The van der Waals surface area contributed by atoms with E-state index in [1.807, 2.05) is 48.5 Å². The van der Waals surface area contributed by atoms with Crippen molar-refractivity contribution in [2.75, 3.05) is 7.11 Å². The zero-order chi connectivity index (χ0) is 13.9. The van der Waals surface area contributed by atoms with Gasteiger partial charge in [0.25, 0.3) is 0 Å². The predicted octanol–water partition coefficient (Wildman–Crippen LogP) is 3.96. The van der Waals surface area contributed by atoms with Crippen molar-refractivity contribution in [1.82, 2.24) is 0 Å². The minimum absolute atomic E-state index is 0.306. The maximum atomic E-state index is 11.9. The molecule has 3 rings (SSSR count). The van der Waals surface area contributed by atoms with Crippen LogP contribution in [0.25, 0.3) is 6.08 Å². The minimum Gasteiger partial charge on any atom is -0.497 e. The molecule has 2 aromatic rings. The van der Waals surface area contributed by atoms with Gasteiger partial charge in [0.15, 0.2) is 5.09 Å². The number of carbonyl (C=O) groups is 1. The molecule has 3 nitrogen and oxygen atoms in total. The lowest BCUT2D eigenvalue weighted by molar-refractivity contribution is 0.0644. The quantitative estimate of drug-likeness (QED) is 0.782. The van der Waals surface area contributed by atoms with Crippen molar-refractivity contribution in [3.63, 3.8) is 0 Å². The van der Waals surface area contributed by atoms with E-state index >= 15 is 0 Å². The lowest BCUT2D eigenvalue weighted by Gasteiger charge is -2.16. The molecule has 4 heteroatoms. The molecule has 100 valence electrons. The molecule has 1 heterocycles. The summed E-state index contributed by atoms with van der Waals surface area (Å²) in [6.45, 7) is 0. The summed E-state index contributed by atoms with van der Waals surface area (Å²) in [7, 11) is 1.63. The molecule has 0 fully saturated rings. The fourth-order valence-electron chi connectivity index (χ4n) is 1.89. The van der Waals surface area contributed by atoms with Gasteiger partial charge in [-0.05, 0) is 35.9 Å². The molecule has 0 atom stereocenters. The van der Waals surface area contributed by atoms with Crippen molar-refractivity contribution >= 4 is 23.8 Å². The van der Waals surface area contributed by atoms with Gasteiger partial charge in [0.05, 0.1) is 12.7 Å². The molecule has 0 N–H and O–H groups in total. The number of benzene rings is 2. The van der Waals surface area contributed by atoms with E-state index in [2.05, 4.69) is 0 Å². The third kappa shape index (κ3) is 2.56. The van der Waals surface area contributed by atoms with Crippen LogP contribution < -0.4 is 4.74 Å². The van der Waals surface area contributed by atoms with Crippen LogP contribution in [0, 0.1) is 0 Å². The molecule has 0 saturated carbocycles. The van der Waals surface area contributed by atoms with Crippen molar-refractivity contribution in [3.8, 4) is 5.75 Å². The van der Waals surface area contributed by atoms with Crippen LogP contribution in [0.15, 0.2) is 58.5 Å². The van der Waals surface area contributed by atoms with Crippen molar-refractivity contribution in [3.05, 3.63) is 64.7 Å². The highest BCUT2D eigenvalue weighted by Gasteiger charge is 2.22. The van der Waals surface area contributed by atoms with Crippen LogP contribution >= 0.6 is 11.8 Å². The molecule has 0 spiro atoms. The molecule has 0 aromatic heterocycles. The van der Waals surface area contributed by atoms with Gasteiger partial charge in [0, 0.05) is 4.90 Å².